The molecule has 4 aliphatic rings. The van der Waals surface area contributed by atoms with Gasteiger partial charge in [-0.3, -0.25) is 9.98 Å². The summed E-state index contributed by atoms with van der Waals surface area (Å²) >= 11 is 0. The Labute approximate surface area is 568 Å². The van der Waals surface area contributed by atoms with Crippen molar-refractivity contribution in [3.8, 4) is 44.5 Å². The molecule has 0 aromatic heterocycles. The maximum absolute atomic E-state index is 5.53. The predicted molar refractivity (Wildman–Crippen MR) is 403 cm³/mol. The van der Waals surface area contributed by atoms with Crippen LogP contribution < -0.4 is 19.6 Å². The molecule has 0 saturated carbocycles. The Balaban J connectivity index is 0.000000146. The molecule has 0 spiro atoms. The molecule has 14 aromatic rings. The molecule has 6 heteroatoms. The van der Waals surface area contributed by atoms with E-state index in [4.69, 9.17) is 9.98 Å². The number of rotatable bonds is 12. The molecular formula is C91H68N6. The fourth-order valence-electron chi connectivity index (χ4n) is 14.8. The summed E-state index contributed by atoms with van der Waals surface area (Å²) in [5.74, 6) is 0. The summed E-state index contributed by atoms with van der Waals surface area (Å²) in [4.78, 5) is 20.6. The van der Waals surface area contributed by atoms with Crippen molar-refractivity contribution in [3.63, 3.8) is 0 Å². The highest BCUT2D eigenvalue weighted by atomic mass is 15.3. The highest BCUT2D eigenvalue weighted by Crippen LogP contribution is 2.53. The van der Waals surface area contributed by atoms with Gasteiger partial charge in [-0.05, 0) is 171 Å². The molecule has 0 N–H and O–H groups in total. The smallest absolute Gasteiger partial charge is 0.148 e. The minimum absolute atomic E-state index is 0.0307. The van der Waals surface area contributed by atoms with Crippen molar-refractivity contribution in [1.82, 2.24) is 0 Å². The zero-order valence-electron chi connectivity index (χ0n) is 53.7. The van der Waals surface area contributed by atoms with Gasteiger partial charge in [-0.25, -0.2) is 0 Å². The zero-order chi connectivity index (χ0) is 64.6. The van der Waals surface area contributed by atoms with Crippen molar-refractivity contribution < 1.29 is 0 Å². The average Bonchev–Trinajstić information content (AvgIpc) is 1.57. The highest BCUT2D eigenvalue weighted by Gasteiger charge is 2.45. The quantitative estimate of drug-likeness (QED) is 0.122. The van der Waals surface area contributed by atoms with E-state index in [2.05, 4.69) is 397 Å². The van der Waals surface area contributed by atoms with Gasteiger partial charge in [0.2, 0.25) is 0 Å². The maximum Gasteiger partial charge on any atom is 0.148 e. The van der Waals surface area contributed by atoms with E-state index in [1.165, 1.54) is 94.8 Å². The van der Waals surface area contributed by atoms with Gasteiger partial charge in [0.25, 0.3) is 0 Å². The number of aliphatic imine (C=N–C) groups is 2. The molecule has 462 valence electrons. The van der Waals surface area contributed by atoms with E-state index in [9.17, 15) is 0 Å². The van der Waals surface area contributed by atoms with E-state index >= 15 is 0 Å². The topological polar surface area (TPSA) is 37.7 Å². The fourth-order valence-corrected chi connectivity index (χ4v) is 14.8. The summed E-state index contributed by atoms with van der Waals surface area (Å²) in [6, 6.07) is 133. The van der Waals surface area contributed by atoms with E-state index in [-0.39, 0.29) is 24.4 Å². The van der Waals surface area contributed by atoms with Crippen LogP contribution in [0.25, 0.3) is 44.5 Å². The molecule has 97 heavy (non-hydrogen) atoms. The second kappa shape index (κ2) is 25.5. The largest absolute Gasteiger partial charge is 0.333 e. The normalized spacial score (nSPS) is 16.0. The van der Waals surface area contributed by atoms with Gasteiger partial charge >= 0.3 is 0 Å². The Hall–Kier alpha value is -12.4. The Morgan fingerprint density at radius 3 is 0.856 bits per heavy atom. The number of hydrogen-bond acceptors (Lipinski definition) is 6. The molecule has 6 nitrogen and oxygen atoms in total. The SMILES string of the molecule is Cc1ccc(N2C(c3ccc(-c4ccc(N(c5ccccc5)c5ccccc5)cc4)cc3)N=C3c4ccccc4-c4ccccc4C32)cc1.c1ccc(N(c2ccccc2)c2ccc(-c3ccc(C4N=C5c6ccccc6-c6ccccc6C5N4c4ccccc4)cc3)cc2)cc1. The average molecular weight is 1250 g/mol. The predicted octanol–water partition coefficient (Wildman–Crippen LogP) is 23.4. The Morgan fingerprint density at radius 1 is 0.237 bits per heavy atom. The van der Waals surface area contributed by atoms with E-state index in [1.54, 1.807) is 0 Å². The van der Waals surface area contributed by atoms with Crippen LogP contribution in [0.15, 0.2) is 380 Å². The van der Waals surface area contributed by atoms with Crippen LogP contribution in [-0.4, -0.2) is 11.4 Å². The minimum Gasteiger partial charge on any atom is -0.333 e. The van der Waals surface area contributed by atoms with Crippen LogP contribution >= 0.6 is 0 Å². The second-order valence-electron chi connectivity index (χ2n) is 25.2. The molecule has 2 aliphatic carbocycles. The lowest BCUT2D eigenvalue weighted by Crippen LogP contribution is -2.32. The number of hydrogen-bond donors (Lipinski definition) is 0. The third-order valence-corrected chi connectivity index (χ3v) is 19.4. The first-order valence-electron chi connectivity index (χ1n) is 33.5. The first-order chi connectivity index (χ1) is 48.1. The van der Waals surface area contributed by atoms with Crippen LogP contribution in [0.3, 0.4) is 0 Å². The van der Waals surface area contributed by atoms with E-state index < -0.39 is 0 Å². The molecular weight excluding hydrogens is 1180 g/mol. The molecule has 0 saturated heterocycles. The first-order valence-corrected chi connectivity index (χ1v) is 33.5. The van der Waals surface area contributed by atoms with Crippen LogP contribution in [0, 0.1) is 6.92 Å². The standard InChI is InChI=1S/C46H35N3.C45H33N3/c1-32-20-28-39(29-21-32)49-45-43-19-11-9-17-41(43)40-16-8-10-18-42(40)44(45)47-46(49)35-24-22-33(23-25-35)34-26-30-38(31-27-34)48(36-12-4-2-5-13-36)37-14-6-3-7-15-37;1-4-14-35(15-5-1)47(36-16-6-2-7-17-36)38-30-28-33(29-31-38)32-24-26-34(27-25-32)45-46-43-41-22-12-10-20-39(41)40-21-11-13-23-42(40)44(43)48(45)37-18-8-3-9-19-37/h2-31,45-46H,1H3;1-31,44-45H. The van der Waals surface area contributed by atoms with Gasteiger partial charge < -0.3 is 19.6 Å². The molecule has 0 fully saturated rings. The minimum atomic E-state index is -0.149. The van der Waals surface area contributed by atoms with E-state index in [0.717, 1.165) is 45.5 Å². The Bertz CT molecular complexity index is 5080. The van der Waals surface area contributed by atoms with Crippen molar-refractivity contribution >= 4 is 56.9 Å². The summed E-state index contributed by atoms with van der Waals surface area (Å²) < 4.78 is 0. The van der Waals surface area contributed by atoms with Crippen molar-refractivity contribution in [2.45, 2.75) is 31.3 Å². The molecule has 18 rings (SSSR count). The third-order valence-electron chi connectivity index (χ3n) is 19.4. The number of benzene rings is 14. The molecule has 4 unspecified atom stereocenters. The van der Waals surface area contributed by atoms with Gasteiger partial charge in [0.1, 0.15) is 12.3 Å². The number of para-hydroxylation sites is 5. The van der Waals surface area contributed by atoms with E-state index in [0.29, 0.717) is 0 Å². The van der Waals surface area contributed by atoms with Gasteiger partial charge in [-0.15, -0.1) is 0 Å². The summed E-state index contributed by atoms with van der Waals surface area (Å²) in [6.45, 7) is 2.14. The van der Waals surface area contributed by atoms with Gasteiger partial charge in [0, 0.05) is 56.6 Å². The van der Waals surface area contributed by atoms with Crippen molar-refractivity contribution in [2.24, 2.45) is 9.98 Å². The summed E-state index contributed by atoms with van der Waals surface area (Å²) in [5.41, 5.74) is 29.9. The van der Waals surface area contributed by atoms with Crippen LogP contribution in [0.5, 0.6) is 0 Å². The molecule has 2 aliphatic heterocycles. The number of nitrogens with zero attached hydrogens (tertiary/aromatic N) is 6. The molecule has 0 radical (unpaired) electrons. The maximum atomic E-state index is 5.53. The van der Waals surface area contributed by atoms with Gasteiger partial charge in [-0.1, -0.05) is 279 Å². The second-order valence-corrected chi connectivity index (χ2v) is 25.2. The summed E-state index contributed by atoms with van der Waals surface area (Å²) in [6.07, 6.45) is -0.294. The lowest BCUT2D eigenvalue weighted by Gasteiger charge is -2.36. The lowest BCUT2D eigenvalue weighted by molar-refractivity contribution is 0.669. The number of aryl methyl sites for hydroxylation is 1. The number of anilines is 8. The fraction of sp³-hybridized carbons (Fsp3) is 0.0549. The van der Waals surface area contributed by atoms with E-state index in [1.807, 2.05) is 0 Å². The number of fused-ring (bicyclic) bond motifs is 12. The van der Waals surface area contributed by atoms with Crippen LogP contribution in [-0.2, 0) is 0 Å². The first kappa shape index (κ1) is 58.4. The monoisotopic (exact) mass is 1240 g/mol. The lowest BCUT2D eigenvalue weighted by atomic mass is 9.81. The van der Waals surface area contributed by atoms with Gasteiger partial charge in [-0.2, -0.15) is 0 Å². The Morgan fingerprint density at radius 2 is 0.505 bits per heavy atom. The zero-order valence-corrected chi connectivity index (χ0v) is 53.7. The van der Waals surface area contributed by atoms with Crippen LogP contribution in [0.4, 0.5) is 45.5 Å². The molecule has 2 heterocycles. The third kappa shape index (κ3) is 10.9. The molecule has 0 bridgehead atoms. The van der Waals surface area contributed by atoms with Crippen molar-refractivity contribution in [1.29, 1.82) is 0 Å². The van der Waals surface area contributed by atoms with Crippen molar-refractivity contribution in [2.75, 3.05) is 19.6 Å². The Kier molecular flexibility index (Phi) is 15.4. The highest BCUT2D eigenvalue weighted by molar-refractivity contribution is 6.17. The van der Waals surface area contributed by atoms with Gasteiger partial charge in [0.05, 0.1) is 23.5 Å². The molecule has 4 atom stereocenters. The molecule has 0 amide bonds. The summed E-state index contributed by atoms with van der Waals surface area (Å²) in [7, 11) is 0. The van der Waals surface area contributed by atoms with Crippen LogP contribution in [0.2, 0.25) is 0 Å². The van der Waals surface area contributed by atoms with Crippen LogP contribution in [0.1, 0.15) is 63.4 Å². The van der Waals surface area contributed by atoms with Gasteiger partial charge in [0.15, 0.2) is 0 Å². The summed E-state index contributed by atoms with van der Waals surface area (Å²) in [5, 5.41) is 0. The van der Waals surface area contributed by atoms with Crippen molar-refractivity contribution in [3.05, 3.63) is 409 Å². The molecule has 14 aromatic carbocycles.